The summed E-state index contributed by atoms with van der Waals surface area (Å²) in [6, 6.07) is 3.39. The average molecular weight is 283 g/mol. The molecule has 0 radical (unpaired) electrons. The number of nitrogens with one attached hydrogen (secondary N) is 1. The molecule has 2 rings (SSSR count). The molecular weight excluding hydrogens is 266 g/mol. The molecule has 1 N–H and O–H groups in total. The zero-order chi connectivity index (χ0) is 14.0. The number of fused-ring (bicyclic) bond motifs is 1. The summed E-state index contributed by atoms with van der Waals surface area (Å²) in [5, 5.41) is 2.64. The van der Waals surface area contributed by atoms with Gasteiger partial charge in [-0.05, 0) is 26.8 Å². The summed E-state index contributed by atoms with van der Waals surface area (Å²) in [5.41, 5.74) is -0.0175. The van der Waals surface area contributed by atoms with Gasteiger partial charge in [0.15, 0.2) is 11.5 Å². The Morgan fingerprint density at radius 1 is 1.26 bits per heavy atom. The molecule has 0 atom stereocenters. The third-order valence-electron chi connectivity index (χ3n) is 2.30. The van der Waals surface area contributed by atoms with Crippen LogP contribution >= 0.6 is 12.6 Å². The molecule has 0 aromatic heterocycles. The number of anilines is 1. The lowest BCUT2D eigenvalue weighted by Crippen LogP contribution is -2.27. The number of thiol groups is 1. The number of ether oxygens (including phenoxy) is 3. The molecular formula is C13H17NO4S. The maximum absolute atomic E-state index is 11.7. The summed E-state index contributed by atoms with van der Waals surface area (Å²) >= 11 is 4.31. The van der Waals surface area contributed by atoms with Crippen LogP contribution in [0.1, 0.15) is 20.8 Å². The molecule has 1 aromatic rings. The predicted molar refractivity (Wildman–Crippen MR) is 74.5 cm³/mol. The third-order valence-corrected chi connectivity index (χ3v) is 2.67. The SMILES string of the molecule is CC(C)(C)OC(=O)Nc1cc2c(cc1S)OCCO2. The fraction of sp³-hybridized carbons (Fsp3) is 0.462. The monoisotopic (exact) mass is 283 g/mol. The van der Waals surface area contributed by atoms with Gasteiger partial charge in [-0.15, -0.1) is 12.6 Å². The number of amides is 1. The molecule has 1 heterocycles. The Morgan fingerprint density at radius 3 is 2.42 bits per heavy atom. The molecule has 0 spiro atoms. The topological polar surface area (TPSA) is 56.8 Å². The lowest BCUT2D eigenvalue weighted by molar-refractivity contribution is 0.0635. The minimum atomic E-state index is -0.547. The number of carbonyl (C=O) groups excluding carboxylic acids is 1. The number of rotatable bonds is 1. The number of carbonyl (C=O) groups is 1. The molecule has 1 aromatic carbocycles. The smallest absolute Gasteiger partial charge is 0.412 e. The normalized spacial score (nSPS) is 13.9. The molecule has 0 fully saturated rings. The van der Waals surface area contributed by atoms with Gasteiger partial charge in [0.25, 0.3) is 0 Å². The number of hydrogen-bond donors (Lipinski definition) is 2. The Morgan fingerprint density at radius 2 is 1.84 bits per heavy atom. The standard InChI is InChI=1S/C13H17NO4S/c1-13(2,3)18-12(15)14-8-6-9-10(7-11(8)19)17-5-4-16-9/h6-7,19H,4-5H2,1-3H3,(H,14,15). The van der Waals surface area contributed by atoms with E-state index in [0.717, 1.165) is 0 Å². The van der Waals surface area contributed by atoms with E-state index in [1.807, 2.05) is 0 Å². The Labute approximate surface area is 117 Å². The fourth-order valence-corrected chi connectivity index (χ4v) is 1.83. The van der Waals surface area contributed by atoms with Gasteiger partial charge in [0, 0.05) is 11.0 Å². The maximum Gasteiger partial charge on any atom is 0.412 e. The minimum absolute atomic E-state index is 0.491. The van der Waals surface area contributed by atoms with Crippen LogP contribution in [0.3, 0.4) is 0 Å². The zero-order valence-electron chi connectivity index (χ0n) is 11.1. The summed E-state index contributed by atoms with van der Waals surface area (Å²) in [4.78, 5) is 12.3. The molecule has 1 amide bonds. The molecule has 1 aliphatic rings. The average Bonchev–Trinajstić information content (AvgIpc) is 2.27. The van der Waals surface area contributed by atoms with E-state index in [1.165, 1.54) is 0 Å². The highest BCUT2D eigenvalue weighted by molar-refractivity contribution is 7.80. The second-order valence-electron chi connectivity index (χ2n) is 5.14. The van der Waals surface area contributed by atoms with Crippen LogP contribution in [0.25, 0.3) is 0 Å². The quantitative estimate of drug-likeness (QED) is 0.778. The van der Waals surface area contributed by atoms with Crippen LogP contribution in [0.4, 0.5) is 10.5 Å². The van der Waals surface area contributed by atoms with Crippen LogP contribution in [0.5, 0.6) is 11.5 Å². The van der Waals surface area contributed by atoms with Crippen LogP contribution in [0.15, 0.2) is 17.0 Å². The van der Waals surface area contributed by atoms with Crippen molar-refractivity contribution in [3.8, 4) is 11.5 Å². The van der Waals surface area contributed by atoms with Gasteiger partial charge in [0.05, 0.1) is 5.69 Å². The van der Waals surface area contributed by atoms with Crippen molar-refractivity contribution in [1.29, 1.82) is 0 Å². The van der Waals surface area contributed by atoms with E-state index in [9.17, 15) is 4.79 Å². The van der Waals surface area contributed by atoms with Crippen molar-refractivity contribution in [2.24, 2.45) is 0 Å². The van der Waals surface area contributed by atoms with Gasteiger partial charge in [-0.3, -0.25) is 5.32 Å². The summed E-state index contributed by atoms with van der Waals surface area (Å²) in [6.07, 6.45) is -0.528. The first kappa shape index (κ1) is 13.9. The van der Waals surface area contributed by atoms with Gasteiger partial charge in [0.2, 0.25) is 0 Å². The summed E-state index contributed by atoms with van der Waals surface area (Å²) in [5.74, 6) is 1.22. The first-order chi connectivity index (χ1) is 8.85. The highest BCUT2D eigenvalue weighted by Crippen LogP contribution is 2.37. The zero-order valence-corrected chi connectivity index (χ0v) is 12.0. The van der Waals surface area contributed by atoms with Crippen LogP contribution in [0.2, 0.25) is 0 Å². The van der Waals surface area contributed by atoms with Gasteiger partial charge >= 0.3 is 6.09 Å². The molecule has 6 heteroatoms. The maximum atomic E-state index is 11.7. The van der Waals surface area contributed by atoms with Crippen molar-refractivity contribution in [1.82, 2.24) is 0 Å². The highest BCUT2D eigenvalue weighted by atomic mass is 32.1. The van der Waals surface area contributed by atoms with Crippen molar-refractivity contribution in [3.63, 3.8) is 0 Å². The van der Waals surface area contributed by atoms with Crippen LogP contribution in [-0.2, 0) is 4.74 Å². The van der Waals surface area contributed by atoms with Crippen molar-refractivity contribution in [2.45, 2.75) is 31.3 Å². The highest BCUT2D eigenvalue weighted by Gasteiger charge is 2.19. The van der Waals surface area contributed by atoms with Crippen molar-refractivity contribution in [2.75, 3.05) is 18.5 Å². The molecule has 0 saturated carbocycles. The Hall–Kier alpha value is -1.56. The van der Waals surface area contributed by atoms with Crippen LogP contribution in [0, 0.1) is 0 Å². The van der Waals surface area contributed by atoms with Crippen molar-refractivity contribution in [3.05, 3.63) is 12.1 Å². The molecule has 1 aliphatic heterocycles. The van der Waals surface area contributed by atoms with Crippen molar-refractivity contribution < 1.29 is 19.0 Å². The van der Waals surface area contributed by atoms with E-state index in [0.29, 0.717) is 35.3 Å². The van der Waals surface area contributed by atoms with Crippen LogP contribution < -0.4 is 14.8 Å². The molecule has 19 heavy (non-hydrogen) atoms. The van der Waals surface area contributed by atoms with E-state index in [-0.39, 0.29) is 0 Å². The lowest BCUT2D eigenvalue weighted by atomic mass is 10.2. The predicted octanol–water partition coefficient (Wildman–Crippen LogP) is 3.09. The minimum Gasteiger partial charge on any atom is -0.486 e. The van der Waals surface area contributed by atoms with Crippen LogP contribution in [-0.4, -0.2) is 24.9 Å². The van der Waals surface area contributed by atoms with Gasteiger partial charge in [-0.1, -0.05) is 0 Å². The van der Waals surface area contributed by atoms with E-state index in [1.54, 1.807) is 32.9 Å². The van der Waals surface area contributed by atoms with E-state index in [2.05, 4.69) is 17.9 Å². The first-order valence-corrected chi connectivity index (χ1v) is 6.42. The Bertz CT molecular complexity index is 496. The van der Waals surface area contributed by atoms with E-state index < -0.39 is 11.7 Å². The number of benzene rings is 1. The molecule has 104 valence electrons. The Balaban J connectivity index is 2.14. The van der Waals surface area contributed by atoms with Gasteiger partial charge in [0.1, 0.15) is 18.8 Å². The summed E-state index contributed by atoms with van der Waals surface area (Å²) in [6.45, 7) is 6.41. The molecule has 0 saturated heterocycles. The van der Waals surface area contributed by atoms with Gasteiger partial charge in [-0.25, -0.2) is 4.79 Å². The van der Waals surface area contributed by atoms with E-state index >= 15 is 0 Å². The van der Waals surface area contributed by atoms with Crippen molar-refractivity contribution >= 4 is 24.4 Å². The van der Waals surface area contributed by atoms with Gasteiger partial charge < -0.3 is 14.2 Å². The molecule has 0 unspecified atom stereocenters. The second-order valence-corrected chi connectivity index (χ2v) is 5.62. The molecule has 5 nitrogen and oxygen atoms in total. The largest absolute Gasteiger partial charge is 0.486 e. The fourth-order valence-electron chi connectivity index (χ4n) is 1.59. The Kier molecular flexibility index (Phi) is 3.80. The number of hydrogen-bond acceptors (Lipinski definition) is 5. The lowest BCUT2D eigenvalue weighted by Gasteiger charge is -2.22. The second kappa shape index (κ2) is 5.21. The molecule has 0 aliphatic carbocycles. The van der Waals surface area contributed by atoms with Gasteiger partial charge in [-0.2, -0.15) is 0 Å². The first-order valence-electron chi connectivity index (χ1n) is 5.98. The summed E-state index contributed by atoms with van der Waals surface area (Å²) in [7, 11) is 0. The molecule has 0 bridgehead atoms. The van der Waals surface area contributed by atoms with E-state index in [4.69, 9.17) is 14.2 Å². The third kappa shape index (κ3) is 3.70. The summed E-state index contributed by atoms with van der Waals surface area (Å²) < 4.78 is 16.1.